The molecule has 2 heterocycles. The van der Waals surface area contributed by atoms with Gasteiger partial charge in [-0.1, -0.05) is 17.4 Å². The number of aliphatic hydroxyl groups excluding tert-OH is 1. The summed E-state index contributed by atoms with van der Waals surface area (Å²) in [6, 6.07) is 4.35. The zero-order valence-corrected chi connectivity index (χ0v) is 15.5. The second-order valence-electron chi connectivity index (χ2n) is 6.31. The summed E-state index contributed by atoms with van der Waals surface area (Å²) in [6.07, 6.45) is 1.53. The first kappa shape index (κ1) is 17.5. The van der Waals surface area contributed by atoms with E-state index in [1.54, 1.807) is 18.2 Å². The molecule has 0 bridgehead atoms. The topological polar surface area (TPSA) is 102 Å². The molecule has 27 heavy (non-hydrogen) atoms. The van der Waals surface area contributed by atoms with Gasteiger partial charge in [-0.15, -0.1) is 10.2 Å². The van der Waals surface area contributed by atoms with E-state index in [9.17, 15) is 14.7 Å². The SMILES string of the molecule is COc1ccc(C2C(C(=O)C3CC3)=C(O)C(=O)N2c2nncs2)cc1OC. The minimum Gasteiger partial charge on any atom is -0.503 e. The summed E-state index contributed by atoms with van der Waals surface area (Å²) in [5.41, 5.74) is 2.21. The molecule has 2 aliphatic rings. The summed E-state index contributed by atoms with van der Waals surface area (Å²) in [7, 11) is 3.03. The number of rotatable bonds is 6. The van der Waals surface area contributed by atoms with Gasteiger partial charge >= 0.3 is 0 Å². The Labute approximate surface area is 159 Å². The highest BCUT2D eigenvalue weighted by atomic mass is 32.1. The zero-order valence-electron chi connectivity index (χ0n) is 14.7. The predicted octanol–water partition coefficient (Wildman–Crippen LogP) is 2.43. The number of amides is 1. The Bertz CT molecular complexity index is 936. The standard InChI is InChI=1S/C18H17N3O5S/c1-25-11-6-5-10(7-12(11)26-2)14-13(15(22)9-3-4-9)16(23)17(24)21(14)18-20-19-8-27-18/h5-9,14,23H,3-4H2,1-2H3. The number of nitrogens with zero attached hydrogens (tertiary/aromatic N) is 3. The molecular weight excluding hydrogens is 370 g/mol. The summed E-state index contributed by atoms with van der Waals surface area (Å²) in [5, 5.41) is 18.5. The number of ether oxygens (including phenoxy) is 2. The Morgan fingerprint density at radius 3 is 2.59 bits per heavy atom. The van der Waals surface area contributed by atoms with Crippen LogP contribution in [-0.2, 0) is 9.59 Å². The number of aromatic nitrogens is 2. The Balaban J connectivity index is 1.86. The minimum atomic E-state index is -0.793. The number of benzene rings is 1. The molecule has 1 unspecified atom stereocenters. The quantitative estimate of drug-likeness (QED) is 0.812. The first-order chi connectivity index (χ1) is 13.1. The number of carbonyl (C=O) groups excluding carboxylic acids is 2. The van der Waals surface area contributed by atoms with Gasteiger partial charge in [-0.3, -0.25) is 14.5 Å². The lowest BCUT2D eigenvalue weighted by Gasteiger charge is -2.24. The fourth-order valence-electron chi connectivity index (χ4n) is 3.23. The van der Waals surface area contributed by atoms with E-state index >= 15 is 0 Å². The van der Waals surface area contributed by atoms with Crippen LogP contribution in [0.15, 0.2) is 35.0 Å². The van der Waals surface area contributed by atoms with Gasteiger partial charge in [0.05, 0.1) is 25.8 Å². The van der Waals surface area contributed by atoms with E-state index in [4.69, 9.17) is 9.47 Å². The summed E-state index contributed by atoms with van der Waals surface area (Å²) < 4.78 is 10.6. The Morgan fingerprint density at radius 1 is 1.26 bits per heavy atom. The van der Waals surface area contributed by atoms with Gasteiger partial charge < -0.3 is 14.6 Å². The summed E-state index contributed by atoms with van der Waals surface area (Å²) in [5.74, 6) is -0.544. The van der Waals surface area contributed by atoms with Crippen molar-refractivity contribution in [3.05, 3.63) is 40.6 Å². The summed E-state index contributed by atoms with van der Waals surface area (Å²) >= 11 is 1.16. The van der Waals surface area contributed by atoms with E-state index in [0.29, 0.717) is 22.2 Å². The molecule has 1 aliphatic heterocycles. The lowest BCUT2D eigenvalue weighted by atomic mass is 9.94. The second kappa shape index (κ2) is 6.66. The van der Waals surface area contributed by atoms with Gasteiger partial charge in [0.25, 0.3) is 5.91 Å². The molecule has 0 radical (unpaired) electrons. The van der Waals surface area contributed by atoms with E-state index in [2.05, 4.69) is 10.2 Å². The fourth-order valence-corrected chi connectivity index (χ4v) is 3.81. The number of anilines is 1. The minimum absolute atomic E-state index is 0.102. The van der Waals surface area contributed by atoms with Crippen molar-refractivity contribution in [2.75, 3.05) is 19.1 Å². The van der Waals surface area contributed by atoms with E-state index in [-0.39, 0.29) is 17.3 Å². The Hall–Kier alpha value is -2.94. The number of hydrogen-bond acceptors (Lipinski definition) is 8. The summed E-state index contributed by atoms with van der Waals surface area (Å²) in [4.78, 5) is 26.9. The van der Waals surface area contributed by atoms with Crippen LogP contribution < -0.4 is 14.4 Å². The van der Waals surface area contributed by atoms with Gasteiger partial charge in [0.2, 0.25) is 5.13 Å². The van der Waals surface area contributed by atoms with Crippen LogP contribution in [0.3, 0.4) is 0 Å². The Morgan fingerprint density at radius 2 is 2.00 bits per heavy atom. The van der Waals surface area contributed by atoms with Crippen LogP contribution in [-0.4, -0.2) is 41.2 Å². The van der Waals surface area contributed by atoms with Crippen LogP contribution >= 0.6 is 11.3 Å². The fraction of sp³-hybridized carbons (Fsp3) is 0.333. The molecule has 2 aromatic rings. The van der Waals surface area contributed by atoms with Crippen LogP contribution in [0.2, 0.25) is 0 Å². The largest absolute Gasteiger partial charge is 0.503 e. The molecule has 1 amide bonds. The molecule has 8 nitrogen and oxygen atoms in total. The van der Waals surface area contributed by atoms with Gasteiger partial charge in [-0.25, -0.2) is 0 Å². The maximum atomic E-state index is 12.9. The molecule has 1 aromatic heterocycles. The molecule has 140 valence electrons. The molecule has 0 saturated heterocycles. The molecular formula is C18H17N3O5S. The molecule has 1 fully saturated rings. The molecule has 1 N–H and O–H groups in total. The highest BCUT2D eigenvalue weighted by Crippen LogP contribution is 2.46. The first-order valence-corrected chi connectivity index (χ1v) is 9.23. The van der Waals surface area contributed by atoms with Crippen LogP contribution in [0.1, 0.15) is 24.4 Å². The number of ketones is 1. The van der Waals surface area contributed by atoms with Crippen LogP contribution in [0.4, 0.5) is 5.13 Å². The van der Waals surface area contributed by atoms with Gasteiger partial charge in [-0.2, -0.15) is 0 Å². The first-order valence-electron chi connectivity index (χ1n) is 8.35. The van der Waals surface area contributed by atoms with Crippen LogP contribution in [0, 0.1) is 5.92 Å². The third-order valence-electron chi connectivity index (χ3n) is 4.70. The molecule has 1 aliphatic carbocycles. The lowest BCUT2D eigenvalue weighted by Crippen LogP contribution is -2.31. The predicted molar refractivity (Wildman–Crippen MR) is 97.1 cm³/mol. The molecule has 1 atom stereocenters. The van der Waals surface area contributed by atoms with Crippen molar-refractivity contribution in [2.24, 2.45) is 5.92 Å². The molecule has 9 heteroatoms. The van der Waals surface area contributed by atoms with Crippen molar-refractivity contribution in [2.45, 2.75) is 18.9 Å². The van der Waals surface area contributed by atoms with Gasteiger partial charge in [0, 0.05) is 5.92 Å². The van der Waals surface area contributed by atoms with Crippen molar-refractivity contribution in [1.29, 1.82) is 0 Å². The Kier molecular flexibility index (Phi) is 4.31. The third kappa shape index (κ3) is 2.84. The number of methoxy groups -OCH3 is 2. The van der Waals surface area contributed by atoms with E-state index < -0.39 is 17.7 Å². The smallest absolute Gasteiger partial charge is 0.296 e. The van der Waals surface area contributed by atoms with E-state index in [1.807, 2.05) is 0 Å². The number of carbonyl (C=O) groups is 2. The van der Waals surface area contributed by atoms with E-state index in [1.165, 1.54) is 24.6 Å². The third-order valence-corrected chi connectivity index (χ3v) is 5.39. The average molecular weight is 387 g/mol. The highest BCUT2D eigenvalue weighted by Gasteiger charge is 2.48. The van der Waals surface area contributed by atoms with Gasteiger partial charge in [-0.05, 0) is 30.5 Å². The number of hydrogen-bond donors (Lipinski definition) is 1. The second-order valence-corrected chi connectivity index (χ2v) is 7.13. The highest BCUT2D eigenvalue weighted by molar-refractivity contribution is 7.13. The van der Waals surface area contributed by atoms with Crippen molar-refractivity contribution in [1.82, 2.24) is 10.2 Å². The average Bonchev–Trinajstić information content (AvgIpc) is 3.34. The van der Waals surface area contributed by atoms with Crippen molar-refractivity contribution < 1.29 is 24.2 Å². The molecule has 1 aromatic carbocycles. The normalized spacial score (nSPS) is 19.6. The summed E-state index contributed by atoms with van der Waals surface area (Å²) in [6.45, 7) is 0. The maximum absolute atomic E-state index is 12.9. The molecule has 4 rings (SSSR count). The maximum Gasteiger partial charge on any atom is 0.296 e. The van der Waals surface area contributed by atoms with Crippen molar-refractivity contribution in [3.63, 3.8) is 0 Å². The monoisotopic (exact) mass is 387 g/mol. The van der Waals surface area contributed by atoms with Crippen molar-refractivity contribution >= 4 is 28.2 Å². The van der Waals surface area contributed by atoms with Crippen molar-refractivity contribution in [3.8, 4) is 11.5 Å². The molecule has 0 spiro atoms. The van der Waals surface area contributed by atoms with Crippen LogP contribution in [0.25, 0.3) is 0 Å². The zero-order chi connectivity index (χ0) is 19.1. The lowest BCUT2D eigenvalue weighted by molar-refractivity contribution is -0.118. The van der Waals surface area contributed by atoms with Gasteiger partial charge in [0.15, 0.2) is 23.0 Å². The van der Waals surface area contributed by atoms with Gasteiger partial charge in [0.1, 0.15) is 5.51 Å². The van der Waals surface area contributed by atoms with Crippen LogP contribution in [0.5, 0.6) is 11.5 Å². The number of Topliss-reactive ketones (excluding diaryl/α,β-unsaturated/α-hetero) is 1. The van der Waals surface area contributed by atoms with E-state index in [0.717, 1.165) is 24.2 Å². The molecule has 1 saturated carbocycles. The number of aliphatic hydroxyl groups is 1.